The molecule has 2 N–H and O–H groups in total. The summed E-state index contributed by atoms with van der Waals surface area (Å²) < 4.78 is 10.5. The number of halogens is 2. The van der Waals surface area contributed by atoms with Crippen LogP contribution in [0.25, 0.3) is 0 Å². The Labute approximate surface area is 199 Å². The Kier molecular flexibility index (Phi) is 8.01. The lowest BCUT2D eigenvalue weighted by molar-refractivity contribution is -0.136. The molecule has 2 amide bonds. The van der Waals surface area contributed by atoms with E-state index in [2.05, 4.69) is 15.8 Å². The van der Waals surface area contributed by atoms with Crippen LogP contribution in [0.5, 0.6) is 11.5 Å². The van der Waals surface area contributed by atoms with Crippen LogP contribution in [0.15, 0.2) is 71.8 Å². The Hall–Kier alpha value is -3.88. The predicted octanol–water partition coefficient (Wildman–Crippen LogP) is 4.31. The summed E-state index contributed by atoms with van der Waals surface area (Å²) in [6, 6.07) is 17.5. The van der Waals surface area contributed by atoms with Gasteiger partial charge in [-0.15, -0.1) is 0 Å². The molecule has 0 aliphatic rings. The van der Waals surface area contributed by atoms with Crippen LogP contribution in [-0.2, 0) is 9.59 Å². The Bertz CT molecular complexity index is 1230. The Morgan fingerprint density at radius 3 is 2.45 bits per heavy atom. The molecule has 0 radical (unpaired) electrons. The van der Waals surface area contributed by atoms with Crippen molar-refractivity contribution in [3.8, 4) is 11.5 Å². The molecule has 0 bridgehead atoms. The van der Waals surface area contributed by atoms with Crippen LogP contribution in [-0.4, -0.2) is 31.1 Å². The number of rotatable bonds is 6. The normalized spacial score (nSPS) is 10.5. The molecule has 3 rings (SSSR count). The average Bonchev–Trinajstić information content (AvgIpc) is 2.81. The fourth-order valence-corrected chi connectivity index (χ4v) is 2.91. The highest BCUT2D eigenvalue weighted by Gasteiger charge is 2.15. The molecular formula is C23H17Cl2N3O5. The number of carbonyl (C=O) groups excluding carboxylic acids is 3. The SMILES string of the molecule is COc1ccccc1C(=O)Oc1cccc(/C=N/NC(=O)C(=O)Nc2ccc(Cl)c(Cl)c2)c1. The fourth-order valence-electron chi connectivity index (χ4n) is 2.61. The highest BCUT2D eigenvalue weighted by Crippen LogP contribution is 2.25. The summed E-state index contributed by atoms with van der Waals surface area (Å²) >= 11 is 11.7. The minimum atomic E-state index is -0.990. The number of methoxy groups -OCH3 is 1. The van der Waals surface area contributed by atoms with Gasteiger partial charge in [-0.25, -0.2) is 10.2 Å². The smallest absolute Gasteiger partial charge is 0.347 e. The van der Waals surface area contributed by atoms with E-state index in [1.165, 1.54) is 31.5 Å². The third kappa shape index (κ3) is 6.55. The van der Waals surface area contributed by atoms with E-state index < -0.39 is 17.8 Å². The summed E-state index contributed by atoms with van der Waals surface area (Å²) in [5, 5.41) is 6.68. The Morgan fingerprint density at radius 2 is 1.70 bits per heavy atom. The number of benzene rings is 3. The highest BCUT2D eigenvalue weighted by atomic mass is 35.5. The summed E-state index contributed by atoms with van der Waals surface area (Å²) in [5.74, 6) is -1.87. The zero-order valence-electron chi connectivity index (χ0n) is 17.2. The van der Waals surface area contributed by atoms with Gasteiger partial charge < -0.3 is 14.8 Å². The van der Waals surface area contributed by atoms with Gasteiger partial charge in [-0.1, -0.05) is 47.5 Å². The molecular weight excluding hydrogens is 469 g/mol. The van der Waals surface area contributed by atoms with Gasteiger partial charge in [0.25, 0.3) is 0 Å². The van der Waals surface area contributed by atoms with Gasteiger partial charge in [-0.2, -0.15) is 5.10 Å². The van der Waals surface area contributed by atoms with E-state index in [1.807, 2.05) is 0 Å². The molecule has 0 fully saturated rings. The van der Waals surface area contributed by atoms with E-state index in [0.717, 1.165) is 0 Å². The molecule has 33 heavy (non-hydrogen) atoms. The van der Waals surface area contributed by atoms with Gasteiger partial charge in [0.15, 0.2) is 0 Å². The van der Waals surface area contributed by atoms with Crippen LogP contribution in [0.1, 0.15) is 15.9 Å². The number of esters is 1. The van der Waals surface area contributed by atoms with Crippen LogP contribution in [0.4, 0.5) is 5.69 Å². The Morgan fingerprint density at radius 1 is 0.909 bits per heavy atom. The van der Waals surface area contributed by atoms with Crippen molar-refractivity contribution in [3.05, 3.63) is 87.9 Å². The van der Waals surface area contributed by atoms with Crippen molar-refractivity contribution < 1.29 is 23.9 Å². The first-order valence-electron chi connectivity index (χ1n) is 9.42. The van der Waals surface area contributed by atoms with E-state index >= 15 is 0 Å². The number of carbonyl (C=O) groups is 3. The zero-order chi connectivity index (χ0) is 23.8. The average molecular weight is 486 g/mol. The number of anilines is 1. The summed E-state index contributed by atoms with van der Waals surface area (Å²) in [5.41, 5.74) is 3.21. The van der Waals surface area contributed by atoms with Gasteiger partial charge in [-0.3, -0.25) is 9.59 Å². The molecule has 0 heterocycles. The van der Waals surface area contributed by atoms with E-state index in [1.54, 1.807) is 48.5 Å². The second-order valence-electron chi connectivity index (χ2n) is 6.44. The Balaban J connectivity index is 1.58. The van der Waals surface area contributed by atoms with E-state index in [4.69, 9.17) is 32.7 Å². The maximum absolute atomic E-state index is 12.4. The predicted molar refractivity (Wildman–Crippen MR) is 125 cm³/mol. The quantitative estimate of drug-likeness (QED) is 0.178. The largest absolute Gasteiger partial charge is 0.496 e. The van der Waals surface area contributed by atoms with Crippen molar-refractivity contribution in [2.45, 2.75) is 0 Å². The van der Waals surface area contributed by atoms with Crippen molar-refractivity contribution in [3.63, 3.8) is 0 Å². The molecule has 0 saturated carbocycles. The monoisotopic (exact) mass is 485 g/mol. The van der Waals surface area contributed by atoms with Gasteiger partial charge in [0, 0.05) is 5.69 Å². The molecule has 10 heteroatoms. The third-order valence-electron chi connectivity index (χ3n) is 4.16. The molecule has 8 nitrogen and oxygen atoms in total. The number of ether oxygens (including phenoxy) is 2. The van der Waals surface area contributed by atoms with Crippen molar-refractivity contribution in [2.24, 2.45) is 5.10 Å². The van der Waals surface area contributed by atoms with Crippen molar-refractivity contribution >= 4 is 52.9 Å². The highest BCUT2D eigenvalue weighted by molar-refractivity contribution is 6.43. The van der Waals surface area contributed by atoms with Gasteiger partial charge in [-0.05, 0) is 48.0 Å². The molecule has 3 aromatic rings. The molecule has 0 aromatic heterocycles. The second-order valence-corrected chi connectivity index (χ2v) is 7.26. The molecule has 0 aliphatic heterocycles. The first-order valence-corrected chi connectivity index (χ1v) is 10.2. The molecule has 0 unspecified atom stereocenters. The van der Waals surface area contributed by atoms with Crippen LogP contribution in [0.3, 0.4) is 0 Å². The van der Waals surface area contributed by atoms with Crippen molar-refractivity contribution in [2.75, 3.05) is 12.4 Å². The number of nitrogens with zero attached hydrogens (tertiary/aromatic N) is 1. The fraction of sp³-hybridized carbons (Fsp3) is 0.0435. The molecule has 0 aliphatic carbocycles. The summed E-state index contributed by atoms with van der Waals surface area (Å²) in [4.78, 5) is 36.3. The minimum Gasteiger partial charge on any atom is -0.496 e. The molecule has 0 atom stereocenters. The number of para-hydroxylation sites is 1. The van der Waals surface area contributed by atoms with Gasteiger partial charge in [0.05, 0.1) is 23.4 Å². The van der Waals surface area contributed by atoms with Gasteiger partial charge >= 0.3 is 17.8 Å². The van der Waals surface area contributed by atoms with Gasteiger partial charge in [0.1, 0.15) is 17.1 Å². The first kappa shape index (κ1) is 23.8. The maximum Gasteiger partial charge on any atom is 0.347 e. The standard InChI is InChI=1S/C23H17Cl2N3O5/c1-32-20-8-3-2-7-17(20)23(31)33-16-6-4-5-14(11-16)13-26-28-22(30)21(29)27-15-9-10-18(24)19(25)12-15/h2-13H,1H3,(H,27,29)(H,28,30)/b26-13+. The topological polar surface area (TPSA) is 106 Å². The van der Waals surface area contributed by atoms with E-state index in [-0.39, 0.29) is 16.3 Å². The lowest BCUT2D eigenvalue weighted by Gasteiger charge is -2.08. The number of hydrazone groups is 1. The summed E-state index contributed by atoms with van der Waals surface area (Å²) in [7, 11) is 1.46. The van der Waals surface area contributed by atoms with Crippen LogP contribution in [0.2, 0.25) is 10.0 Å². The van der Waals surface area contributed by atoms with E-state index in [9.17, 15) is 14.4 Å². The van der Waals surface area contributed by atoms with Gasteiger partial charge in [0.2, 0.25) is 0 Å². The minimum absolute atomic E-state index is 0.235. The summed E-state index contributed by atoms with van der Waals surface area (Å²) in [6.45, 7) is 0. The van der Waals surface area contributed by atoms with Crippen LogP contribution in [0, 0.1) is 0 Å². The maximum atomic E-state index is 12.4. The third-order valence-corrected chi connectivity index (χ3v) is 4.90. The van der Waals surface area contributed by atoms with E-state index in [0.29, 0.717) is 22.0 Å². The lowest BCUT2D eigenvalue weighted by atomic mass is 10.2. The van der Waals surface area contributed by atoms with Crippen molar-refractivity contribution in [1.82, 2.24) is 5.43 Å². The summed E-state index contributed by atoms with van der Waals surface area (Å²) in [6.07, 6.45) is 1.30. The van der Waals surface area contributed by atoms with Crippen LogP contribution >= 0.6 is 23.2 Å². The van der Waals surface area contributed by atoms with Crippen LogP contribution < -0.4 is 20.2 Å². The number of amides is 2. The number of nitrogens with one attached hydrogen (secondary N) is 2. The number of hydrogen-bond acceptors (Lipinski definition) is 6. The van der Waals surface area contributed by atoms with Crippen molar-refractivity contribution in [1.29, 1.82) is 0 Å². The molecule has 3 aromatic carbocycles. The molecule has 0 saturated heterocycles. The molecule has 0 spiro atoms. The number of hydrogen-bond donors (Lipinski definition) is 2. The second kappa shape index (κ2) is 11.1. The first-order chi connectivity index (χ1) is 15.9. The molecule has 168 valence electrons. The zero-order valence-corrected chi connectivity index (χ0v) is 18.7. The lowest BCUT2D eigenvalue weighted by Crippen LogP contribution is -2.32.